The van der Waals surface area contributed by atoms with Crippen LogP contribution < -0.4 is 0 Å². The first-order valence-corrected chi connectivity index (χ1v) is 7.29. The minimum absolute atomic E-state index is 0.00458. The molecule has 0 atom stereocenters. The van der Waals surface area contributed by atoms with Crippen molar-refractivity contribution in [3.63, 3.8) is 0 Å². The highest BCUT2D eigenvalue weighted by molar-refractivity contribution is 6.04. The number of rotatable bonds is 7. The van der Waals surface area contributed by atoms with Crippen molar-refractivity contribution < 1.29 is 9.59 Å². The third kappa shape index (κ3) is 4.98. The SMILES string of the molecule is O=C(/C=C/CC/C=C/C(=O)c1ccccc1)c1ccccc1. The van der Waals surface area contributed by atoms with Crippen LogP contribution in [-0.2, 0) is 0 Å². The van der Waals surface area contributed by atoms with Crippen molar-refractivity contribution in [3.8, 4) is 0 Å². The number of carbonyl (C=O) groups excluding carboxylic acids is 2. The molecule has 2 nitrogen and oxygen atoms in total. The van der Waals surface area contributed by atoms with Gasteiger partial charge in [-0.15, -0.1) is 0 Å². The predicted molar refractivity (Wildman–Crippen MR) is 89.1 cm³/mol. The van der Waals surface area contributed by atoms with Crippen molar-refractivity contribution in [2.75, 3.05) is 0 Å². The quantitative estimate of drug-likeness (QED) is 0.423. The molecule has 22 heavy (non-hydrogen) atoms. The fourth-order valence-electron chi connectivity index (χ4n) is 1.97. The maximum absolute atomic E-state index is 11.8. The summed E-state index contributed by atoms with van der Waals surface area (Å²) in [6.45, 7) is 0. The molecule has 0 fully saturated rings. The van der Waals surface area contributed by atoms with Crippen molar-refractivity contribution in [2.45, 2.75) is 12.8 Å². The molecule has 0 radical (unpaired) electrons. The summed E-state index contributed by atoms with van der Waals surface area (Å²) < 4.78 is 0. The van der Waals surface area contributed by atoms with E-state index in [9.17, 15) is 9.59 Å². The average molecular weight is 290 g/mol. The van der Waals surface area contributed by atoms with Crippen LogP contribution in [0.15, 0.2) is 85.0 Å². The number of allylic oxidation sites excluding steroid dienone is 4. The Morgan fingerprint density at radius 2 is 1.00 bits per heavy atom. The van der Waals surface area contributed by atoms with Crippen LogP contribution in [0.3, 0.4) is 0 Å². The molecule has 110 valence electrons. The van der Waals surface area contributed by atoms with Gasteiger partial charge >= 0.3 is 0 Å². The fourth-order valence-corrected chi connectivity index (χ4v) is 1.97. The van der Waals surface area contributed by atoms with E-state index in [-0.39, 0.29) is 11.6 Å². The van der Waals surface area contributed by atoms with E-state index in [4.69, 9.17) is 0 Å². The topological polar surface area (TPSA) is 34.1 Å². The summed E-state index contributed by atoms with van der Waals surface area (Å²) in [6, 6.07) is 18.3. The monoisotopic (exact) mass is 290 g/mol. The van der Waals surface area contributed by atoms with Crippen LogP contribution in [0, 0.1) is 0 Å². The van der Waals surface area contributed by atoms with Crippen molar-refractivity contribution in [1.29, 1.82) is 0 Å². The van der Waals surface area contributed by atoms with Gasteiger partial charge in [0, 0.05) is 11.1 Å². The molecule has 0 saturated heterocycles. The lowest BCUT2D eigenvalue weighted by atomic mass is 10.1. The first-order valence-electron chi connectivity index (χ1n) is 7.29. The summed E-state index contributed by atoms with van der Waals surface area (Å²) in [6.07, 6.45) is 8.32. The highest BCUT2D eigenvalue weighted by Gasteiger charge is 1.99. The molecule has 0 amide bonds. The van der Waals surface area contributed by atoms with Gasteiger partial charge < -0.3 is 0 Å². The zero-order chi connectivity index (χ0) is 15.6. The van der Waals surface area contributed by atoms with E-state index in [1.54, 1.807) is 36.4 Å². The molecule has 0 unspecified atom stereocenters. The third-order valence-corrected chi connectivity index (χ3v) is 3.16. The maximum Gasteiger partial charge on any atom is 0.185 e. The second kappa shape index (κ2) is 8.53. The van der Waals surface area contributed by atoms with Crippen molar-refractivity contribution in [3.05, 3.63) is 96.1 Å². The summed E-state index contributed by atoms with van der Waals surface area (Å²) in [7, 11) is 0. The van der Waals surface area contributed by atoms with Gasteiger partial charge in [0.1, 0.15) is 0 Å². The van der Waals surface area contributed by atoms with E-state index in [0.29, 0.717) is 11.1 Å². The molecular weight excluding hydrogens is 272 g/mol. The van der Waals surface area contributed by atoms with Crippen LogP contribution in [0.25, 0.3) is 0 Å². The van der Waals surface area contributed by atoms with Gasteiger partial charge in [-0.2, -0.15) is 0 Å². The molecule has 0 heterocycles. The Labute approximate surface area is 130 Å². The van der Waals surface area contributed by atoms with Gasteiger partial charge in [0.15, 0.2) is 11.6 Å². The number of ketones is 2. The van der Waals surface area contributed by atoms with E-state index >= 15 is 0 Å². The normalized spacial score (nSPS) is 11.1. The maximum atomic E-state index is 11.8. The Morgan fingerprint density at radius 1 is 0.636 bits per heavy atom. The van der Waals surface area contributed by atoms with Crippen molar-refractivity contribution >= 4 is 11.6 Å². The van der Waals surface area contributed by atoms with E-state index in [0.717, 1.165) is 12.8 Å². The number of hydrogen-bond acceptors (Lipinski definition) is 2. The molecular formula is C20H18O2. The molecule has 2 aromatic rings. The lowest BCUT2D eigenvalue weighted by molar-refractivity contribution is 0.103. The third-order valence-electron chi connectivity index (χ3n) is 3.16. The van der Waals surface area contributed by atoms with Gasteiger partial charge in [-0.1, -0.05) is 72.8 Å². The number of benzene rings is 2. The summed E-state index contributed by atoms with van der Waals surface area (Å²) in [5.74, 6) is 0.00915. The highest BCUT2D eigenvalue weighted by atomic mass is 16.1. The fraction of sp³-hybridized carbons (Fsp3) is 0.100. The standard InChI is InChI=1S/C20H18O2/c21-19(17-11-5-3-6-12-17)15-9-1-2-10-16-20(22)18-13-7-4-8-14-18/h3-16H,1-2H2/b15-9+,16-10+. The van der Waals surface area contributed by atoms with Gasteiger partial charge in [-0.25, -0.2) is 0 Å². The molecule has 2 aromatic carbocycles. The Kier molecular flexibility index (Phi) is 6.06. The minimum Gasteiger partial charge on any atom is -0.289 e. The van der Waals surface area contributed by atoms with Crippen LogP contribution in [0.5, 0.6) is 0 Å². The average Bonchev–Trinajstić information content (AvgIpc) is 2.59. The van der Waals surface area contributed by atoms with Gasteiger partial charge in [-0.3, -0.25) is 9.59 Å². The largest absolute Gasteiger partial charge is 0.289 e. The van der Waals surface area contributed by atoms with Crippen LogP contribution in [0.2, 0.25) is 0 Å². The second-order valence-corrected chi connectivity index (χ2v) is 4.84. The first-order chi connectivity index (χ1) is 10.8. The Bertz CT molecular complexity index is 606. The van der Waals surface area contributed by atoms with Gasteiger partial charge in [0.2, 0.25) is 0 Å². The van der Waals surface area contributed by atoms with E-state index in [1.165, 1.54) is 0 Å². The molecule has 0 aromatic heterocycles. The molecule has 0 aliphatic heterocycles. The first kappa shape index (κ1) is 15.6. The van der Waals surface area contributed by atoms with Crippen molar-refractivity contribution in [1.82, 2.24) is 0 Å². The Morgan fingerprint density at radius 3 is 1.36 bits per heavy atom. The summed E-state index contributed by atoms with van der Waals surface area (Å²) in [5, 5.41) is 0. The lowest BCUT2D eigenvalue weighted by Gasteiger charge is -1.94. The van der Waals surface area contributed by atoms with Crippen LogP contribution >= 0.6 is 0 Å². The summed E-state index contributed by atoms with van der Waals surface area (Å²) >= 11 is 0. The van der Waals surface area contributed by atoms with Gasteiger partial charge in [0.25, 0.3) is 0 Å². The smallest absolute Gasteiger partial charge is 0.185 e. The lowest BCUT2D eigenvalue weighted by Crippen LogP contribution is -1.93. The zero-order valence-corrected chi connectivity index (χ0v) is 12.3. The second-order valence-electron chi connectivity index (χ2n) is 4.84. The highest BCUT2D eigenvalue weighted by Crippen LogP contribution is 2.04. The van der Waals surface area contributed by atoms with Crippen molar-refractivity contribution in [2.24, 2.45) is 0 Å². The van der Waals surface area contributed by atoms with Crippen LogP contribution in [0.1, 0.15) is 33.6 Å². The number of hydrogen-bond donors (Lipinski definition) is 0. The van der Waals surface area contributed by atoms with Gasteiger partial charge in [0.05, 0.1) is 0 Å². The Hall–Kier alpha value is -2.74. The Balaban J connectivity index is 1.75. The molecule has 2 heteroatoms. The predicted octanol–water partition coefficient (Wildman–Crippen LogP) is 4.64. The molecule has 0 aliphatic rings. The molecule has 2 rings (SSSR count). The molecule has 0 aliphatic carbocycles. The van der Waals surface area contributed by atoms with E-state index < -0.39 is 0 Å². The zero-order valence-electron chi connectivity index (χ0n) is 12.3. The van der Waals surface area contributed by atoms with E-state index in [1.807, 2.05) is 48.6 Å². The minimum atomic E-state index is 0.00458. The number of carbonyl (C=O) groups is 2. The van der Waals surface area contributed by atoms with E-state index in [2.05, 4.69) is 0 Å². The molecule has 0 bridgehead atoms. The summed E-state index contributed by atoms with van der Waals surface area (Å²) in [5.41, 5.74) is 1.38. The summed E-state index contributed by atoms with van der Waals surface area (Å²) in [4.78, 5) is 23.6. The molecule has 0 spiro atoms. The van der Waals surface area contributed by atoms with Crippen LogP contribution in [-0.4, -0.2) is 11.6 Å². The molecule has 0 N–H and O–H groups in total. The molecule has 0 saturated carbocycles. The van der Waals surface area contributed by atoms with Crippen LogP contribution in [0.4, 0.5) is 0 Å². The van der Waals surface area contributed by atoms with Gasteiger partial charge in [-0.05, 0) is 25.0 Å². The number of unbranched alkanes of at least 4 members (excludes halogenated alkanes) is 1.